The number of alkyl halides is 3. The molecule has 0 aliphatic rings. The Morgan fingerprint density at radius 1 is 1.24 bits per heavy atom. The van der Waals surface area contributed by atoms with Crippen molar-refractivity contribution in [2.75, 3.05) is 6.54 Å². The highest BCUT2D eigenvalue weighted by Gasteiger charge is 2.29. The first-order chi connectivity index (χ1) is 11.6. The fourth-order valence-corrected chi connectivity index (χ4v) is 2.57. The predicted molar refractivity (Wildman–Crippen MR) is 89.0 cm³/mol. The van der Waals surface area contributed by atoms with Gasteiger partial charge in [-0.25, -0.2) is 0 Å². The largest absolute Gasteiger partial charge is 0.416 e. The Labute approximate surface area is 145 Å². The molecule has 1 atom stereocenters. The molecule has 0 saturated heterocycles. The van der Waals surface area contributed by atoms with Gasteiger partial charge in [-0.15, -0.1) is 0 Å². The average molecular weight is 353 g/mol. The van der Waals surface area contributed by atoms with E-state index in [-0.39, 0.29) is 18.2 Å². The molecule has 0 radical (unpaired) electrons. The maximum Gasteiger partial charge on any atom is 0.416 e. The van der Waals surface area contributed by atoms with Crippen LogP contribution in [0.3, 0.4) is 0 Å². The Morgan fingerprint density at radius 2 is 1.88 bits per heavy atom. The van der Waals surface area contributed by atoms with Crippen molar-refractivity contribution in [3.05, 3.63) is 52.8 Å². The molecule has 0 aliphatic carbocycles. The molecular formula is C18H22F3N3O. The molecule has 25 heavy (non-hydrogen) atoms. The molecule has 0 aliphatic heterocycles. The molecule has 2 rings (SSSR count). The summed E-state index contributed by atoms with van der Waals surface area (Å²) in [6, 6.07) is 6.65. The third-order valence-corrected chi connectivity index (χ3v) is 3.88. The molecule has 1 unspecified atom stereocenters. The van der Waals surface area contributed by atoms with E-state index in [4.69, 9.17) is 0 Å². The lowest BCUT2D eigenvalue weighted by Gasteiger charge is -2.14. The number of carbonyl (C=O) groups excluding carboxylic acids is 1. The molecule has 0 fully saturated rings. The molecule has 0 spiro atoms. The summed E-state index contributed by atoms with van der Waals surface area (Å²) in [6.07, 6.45) is -4.30. The molecule has 7 heteroatoms. The van der Waals surface area contributed by atoms with Gasteiger partial charge in [0.1, 0.15) is 0 Å². The van der Waals surface area contributed by atoms with Crippen LogP contribution in [0.1, 0.15) is 29.4 Å². The number of aromatic nitrogens is 2. The van der Waals surface area contributed by atoms with Gasteiger partial charge in [-0.2, -0.15) is 18.3 Å². The summed E-state index contributed by atoms with van der Waals surface area (Å²) < 4.78 is 39.4. The smallest absolute Gasteiger partial charge is 0.355 e. The number of hydrogen-bond acceptors (Lipinski definition) is 2. The lowest BCUT2D eigenvalue weighted by molar-refractivity contribution is -0.137. The van der Waals surface area contributed by atoms with Crippen LogP contribution in [0.4, 0.5) is 13.2 Å². The summed E-state index contributed by atoms with van der Waals surface area (Å²) in [5.41, 5.74) is 1.86. The first-order valence-corrected chi connectivity index (χ1v) is 8.09. The molecular weight excluding hydrogens is 331 g/mol. The fourth-order valence-electron chi connectivity index (χ4n) is 2.57. The van der Waals surface area contributed by atoms with Gasteiger partial charge in [0.05, 0.1) is 17.7 Å². The maximum atomic E-state index is 12.5. The van der Waals surface area contributed by atoms with Crippen LogP contribution < -0.4 is 5.32 Å². The minimum absolute atomic E-state index is 0.0603. The van der Waals surface area contributed by atoms with E-state index in [1.54, 1.807) is 0 Å². The van der Waals surface area contributed by atoms with Crippen LogP contribution in [0.5, 0.6) is 0 Å². The van der Waals surface area contributed by atoms with E-state index in [1.165, 1.54) is 12.1 Å². The van der Waals surface area contributed by atoms with Crippen molar-refractivity contribution >= 4 is 5.91 Å². The molecule has 136 valence electrons. The number of benzene rings is 1. The van der Waals surface area contributed by atoms with Crippen molar-refractivity contribution in [2.45, 2.75) is 39.9 Å². The molecule has 1 aromatic heterocycles. The Hall–Kier alpha value is -2.31. The molecule has 4 nitrogen and oxygen atoms in total. The Balaban J connectivity index is 1.81. The molecule has 2 aromatic rings. The lowest BCUT2D eigenvalue weighted by Crippen LogP contribution is -2.31. The second kappa shape index (κ2) is 7.72. The molecule has 0 bridgehead atoms. The van der Waals surface area contributed by atoms with Gasteiger partial charge in [0.2, 0.25) is 5.91 Å². The predicted octanol–water partition coefficient (Wildman–Crippen LogP) is 3.51. The van der Waals surface area contributed by atoms with E-state index >= 15 is 0 Å². The van der Waals surface area contributed by atoms with Crippen LogP contribution >= 0.6 is 0 Å². The SMILES string of the molecule is Cc1cc(C)n(CC(C)CNC(=O)Cc2ccc(C(F)(F)F)cc2)n1. The van der Waals surface area contributed by atoms with Crippen LogP contribution in [0.25, 0.3) is 0 Å². The standard InChI is InChI=1S/C18H22F3N3O/c1-12(11-24-14(3)8-13(2)23-24)10-22-17(25)9-15-4-6-16(7-5-15)18(19,20)21/h4-8,12H,9-11H2,1-3H3,(H,22,25). The fraction of sp³-hybridized carbons (Fsp3) is 0.444. The Kier molecular flexibility index (Phi) is 5.87. The molecule has 1 N–H and O–H groups in total. The second-order valence-electron chi connectivity index (χ2n) is 6.39. The number of halogens is 3. The van der Waals surface area contributed by atoms with Crippen LogP contribution in [-0.2, 0) is 23.9 Å². The van der Waals surface area contributed by atoms with E-state index in [9.17, 15) is 18.0 Å². The summed E-state index contributed by atoms with van der Waals surface area (Å²) in [4.78, 5) is 12.0. The van der Waals surface area contributed by atoms with Crippen molar-refractivity contribution in [2.24, 2.45) is 5.92 Å². The van der Waals surface area contributed by atoms with Gasteiger partial charge in [0.15, 0.2) is 0 Å². The van der Waals surface area contributed by atoms with Crippen molar-refractivity contribution in [3.8, 4) is 0 Å². The number of rotatable bonds is 6. The van der Waals surface area contributed by atoms with Crippen molar-refractivity contribution in [1.82, 2.24) is 15.1 Å². The summed E-state index contributed by atoms with van der Waals surface area (Å²) in [5.74, 6) is -0.0190. The van der Waals surface area contributed by atoms with Crippen LogP contribution in [0.2, 0.25) is 0 Å². The van der Waals surface area contributed by atoms with Crippen molar-refractivity contribution < 1.29 is 18.0 Å². The van der Waals surface area contributed by atoms with Crippen molar-refractivity contribution in [1.29, 1.82) is 0 Å². The van der Waals surface area contributed by atoms with E-state index in [2.05, 4.69) is 10.4 Å². The zero-order chi connectivity index (χ0) is 18.6. The summed E-state index contributed by atoms with van der Waals surface area (Å²) >= 11 is 0. The Bertz CT molecular complexity index is 720. The number of carbonyl (C=O) groups is 1. The molecule has 1 amide bonds. The summed E-state index contributed by atoms with van der Waals surface area (Å²) in [5, 5.41) is 7.21. The van der Waals surface area contributed by atoms with E-state index < -0.39 is 11.7 Å². The highest BCUT2D eigenvalue weighted by Crippen LogP contribution is 2.29. The normalized spacial score (nSPS) is 12.9. The number of nitrogens with one attached hydrogen (secondary N) is 1. The van der Waals surface area contributed by atoms with Gasteiger partial charge >= 0.3 is 6.18 Å². The monoisotopic (exact) mass is 353 g/mol. The topological polar surface area (TPSA) is 46.9 Å². The minimum atomic E-state index is -4.36. The van der Waals surface area contributed by atoms with Gasteiger partial charge in [-0.05, 0) is 43.5 Å². The zero-order valence-corrected chi connectivity index (χ0v) is 14.5. The average Bonchev–Trinajstić information content (AvgIpc) is 2.82. The number of aryl methyl sites for hydroxylation is 2. The highest BCUT2D eigenvalue weighted by molar-refractivity contribution is 5.78. The number of hydrogen-bond donors (Lipinski definition) is 1. The second-order valence-corrected chi connectivity index (χ2v) is 6.39. The minimum Gasteiger partial charge on any atom is -0.355 e. The molecule has 1 aromatic carbocycles. The van der Waals surface area contributed by atoms with E-state index in [0.717, 1.165) is 23.5 Å². The number of nitrogens with zero attached hydrogens (tertiary/aromatic N) is 2. The van der Waals surface area contributed by atoms with E-state index in [1.807, 2.05) is 31.5 Å². The van der Waals surface area contributed by atoms with Crippen molar-refractivity contribution in [3.63, 3.8) is 0 Å². The van der Waals surface area contributed by atoms with Crippen LogP contribution in [-0.4, -0.2) is 22.2 Å². The molecule has 1 heterocycles. The third kappa shape index (κ3) is 5.62. The summed E-state index contributed by atoms with van der Waals surface area (Å²) in [6.45, 7) is 7.10. The van der Waals surface area contributed by atoms with Gasteiger partial charge in [-0.3, -0.25) is 9.48 Å². The van der Waals surface area contributed by atoms with Gasteiger partial charge in [0.25, 0.3) is 0 Å². The first kappa shape index (κ1) is 19.0. The van der Waals surface area contributed by atoms with Gasteiger partial charge in [-0.1, -0.05) is 19.1 Å². The Morgan fingerprint density at radius 3 is 2.40 bits per heavy atom. The molecule has 0 saturated carbocycles. The van der Waals surface area contributed by atoms with Crippen LogP contribution in [0, 0.1) is 19.8 Å². The number of amides is 1. The van der Waals surface area contributed by atoms with Gasteiger partial charge in [0, 0.05) is 18.8 Å². The zero-order valence-electron chi connectivity index (χ0n) is 14.5. The lowest BCUT2D eigenvalue weighted by atomic mass is 10.1. The van der Waals surface area contributed by atoms with Crippen LogP contribution in [0.15, 0.2) is 30.3 Å². The first-order valence-electron chi connectivity index (χ1n) is 8.09. The summed E-state index contributed by atoms with van der Waals surface area (Å²) in [7, 11) is 0. The van der Waals surface area contributed by atoms with E-state index in [0.29, 0.717) is 18.7 Å². The third-order valence-electron chi connectivity index (χ3n) is 3.88. The van der Waals surface area contributed by atoms with Gasteiger partial charge < -0.3 is 5.32 Å². The quantitative estimate of drug-likeness (QED) is 0.864. The maximum absolute atomic E-state index is 12.5. The highest BCUT2D eigenvalue weighted by atomic mass is 19.4.